The van der Waals surface area contributed by atoms with Crippen LogP contribution in [-0.4, -0.2) is 23.5 Å². The number of amidine groups is 1. The Morgan fingerprint density at radius 3 is 2.69 bits per heavy atom. The van der Waals surface area contributed by atoms with E-state index in [0.29, 0.717) is 6.04 Å². The van der Waals surface area contributed by atoms with Crippen LogP contribution in [-0.2, 0) is 0 Å². The second kappa shape index (κ2) is 5.95. The summed E-state index contributed by atoms with van der Waals surface area (Å²) in [4.78, 5) is 4.76. The van der Waals surface area contributed by atoms with Gasteiger partial charge in [-0.05, 0) is 31.6 Å². The van der Waals surface area contributed by atoms with Gasteiger partial charge in [0.05, 0.1) is 0 Å². The third-order valence-corrected chi connectivity index (χ3v) is 5.12. The van der Waals surface area contributed by atoms with Gasteiger partial charge in [0.1, 0.15) is 0 Å². The number of hydrogen-bond donors (Lipinski definition) is 1. The zero-order valence-electron chi connectivity index (χ0n) is 10.5. The molecule has 0 bridgehead atoms. The molecule has 2 unspecified atom stereocenters. The molecule has 0 spiro atoms. The van der Waals surface area contributed by atoms with Gasteiger partial charge in [0, 0.05) is 18.3 Å². The van der Waals surface area contributed by atoms with E-state index in [1.165, 1.54) is 43.0 Å². The molecule has 3 heteroatoms. The summed E-state index contributed by atoms with van der Waals surface area (Å²) < 4.78 is 0. The highest BCUT2D eigenvalue weighted by atomic mass is 32.2. The van der Waals surface area contributed by atoms with Gasteiger partial charge in [0.2, 0.25) is 0 Å². The number of nitrogens with zero attached hydrogens (tertiary/aromatic N) is 1. The molecular weight excluding hydrogens is 216 g/mol. The molecule has 1 saturated heterocycles. The van der Waals surface area contributed by atoms with E-state index in [4.69, 9.17) is 4.99 Å². The van der Waals surface area contributed by atoms with Crippen molar-refractivity contribution in [2.24, 2.45) is 16.8 Å². The molecule has 2 rings (SSSR count). The van der Waals surface area contributed by atoms with Crippen LogP contribution in [0.15, 0.2) is 4.99 Å². The molecule has 2 atom stereocenters. The average Bonchev–Trinajstić information content (AvgIpc) is 2.32. The molecule has 0 amide bonds. The third-order valence-electron chi connectivity index (χ3n) is 3.91. The molecule has 1 aliphatic heterocycles. The van der Waals surface area contributed by atoms with Crippen LogP contribution in [0.5, 0.6) is 0 Å². The average molecular weight is 240 g/mol. The summed E-state index contributed by atoms with van der Waals surface area (Å²) in [5.74, 6) is 2.84. The molecule has 92 valence electrons. The summed E-state index contributed by atoms with van der Waals surface area (Å²) >= 11 is 1.90. The molecule has 2 nitrogen and oxygen atoms in total. The van der Waals surface area contributed by atoms with Gasteiger partial charge in [-0.1, -0.05) is 37.9 Å². The van der Waals surface area contributed by atoms with Crippen molar-refractivity contribution in [3.63, 3.8) is 0 Å². The van der Waals surface area contributed by atoms with Crippen LogP contribution >= 0.6 is 11.8 Å². The van der Waals surface area contributed by atoms with Crippen molar-refractivity contribution in [2.75, 3.05) is 12.3 Å². The topological polar surface area (TPSA) is 24.4 Å². The molecule has 1 saturated carbocycles. The lowest BCUT2D eigenvalue weighted by Crippen LogP contribution is -2.41. The maximum absolute atomic E-state index is 4.76. The minimum absolute atomic E-state index is 0.589. The lowest BCUT2D eigenvalue weighted by molar-refractivity contribution is 0.366. The zero-order valence-corrected chi connectivity index (χ0v) is 11.4. The normalized spacial score (nSPS) is 35.0. The first-order chi connectivity index (χ1) is 7.75. The van der Waals surface area contributed by atoms with Crippen molar-refractivity contribution < 1.29 is 0 Å². The highest BCUT2D eigenvalue weighted by Crippen LogP contribution is 2.25. The summed E-state index contributed by atoms with van der Waals surface area (Å²) in [6.45, 7) is 5.62. The number of nitrogens with one attached hydrogen (secondary N) is 1. The van der Waals surface area contributed by atoms with Gasteiger partial charge < -0.3 is 5.32 Å². The SMILES string of the molecule is CC1CSC(=NCC2CCCCC2)NC1C. The summed E-state index contributed by atoms with van der Waals surface area (Å²) in [6.07, 6.45) is 7.07. The highest BCUT2D eigenvalue weighted by molar-refractivity contribution is 8.13. The fourth-order valence-corrected chi connectivity index (χ4v) is 3.55. The fraction of sp³-hybridized carbons (Fsp3) is 0.923. The van der Waals surface area contributed by atoms with Crippen molar-refractivity contribution in [3.05, 3.63) is 0 Å². The third kappa shape index (κ3) is 3.41. The Balaban J connectivity index is 1.78. The molecule has 1 N–H and O–H groups in total. The lowest BCUT2D eigenvalue weighted by atomic mass is 9.89. The molecular formula is C13H24N2S. The van der Waals surface area contributed by atoms with Crippen molar-refractivity contribution in [1.82, 2.24) is 5.32 Å². The molecule has 0 aromatic heterocycles. The van der Waals surface area contributed by atoms with Crippen LogP contribution in [0.25, 0.3) is 0 Å². The highest BCUT2D eigenvalue weighted by Gasteiger charge is 2.21. The first-order valence-corrected chi connectivity index (χ1v) is 7.68. The van der Waals surface area contributed by atoms with Crippen molar-refractivity contribution in [2.45, 2.75) is 52.0 Å². The minimum Gasteiger partial charge on any atom is -0.362 e. The standard InChI is InChI=1S/C13H24N2S/c1-10-9-16-13(15-11(10)2)14-8-12-6-4-3-5-7-12/h10-12H,3-9H2,1-2H3,(H,14,15). The van der Waals surface area contributed by atoms with Crippen LogP contribution in [0.3, 0.4) is 0 Å². The first kappa shape index (κ1) is 12.3. The largest absolute Gasteiger partial charge is 0.362 e. The molecule has 0 radical (unpaired) electrons. The van der Waals surface area contributed by atoms with E-state index in [9.17, 15) is 0 Å². The van der Waals surface area contributed by atoms with Crippen LogP contribution in [0, 0.1) is 11.8 Å². The monoisotopic (exact) mass is 240 g/mol. The van der Waals surface area contributed by atoms with E-state index < -0.39 is 0 Å². The van der Waals surface area contributed by atoms with E-state index in [1.807, 2.05) is 11.8 Å². The van der Waals surface area contributed by atoms with Gasteiger partial charge in [-0.15, -0.1) is 0 Å². The summed E-state index contributed by atoms with van der Waals surface area (Å²) in [5.41, 5.74) is 0. The van der Waals surface area contributed by atoms with E-state index in [-0.39, 0.29) is 0 Å². The maximum atomic E-state index is 4.76. The minimum atomic E-state index is 0.589. The fourth-order valence-electron chi connectivity index (χ4n) is 2.41. The van der Waals surface area contributed by atoms with Crippen LogP contribution in [0.2, 0.25) is 0 Å². The number of hydrogen-bond acceptors (Lipinski definition) is 2. The van der Waals surface area contributed by atoms with Gasteiger partial charge in [-0.25, -0.2) is 0 Å². The quantitative estimate of drug-likeness (QED) is 0.801. The summed E-state index contributed by atoms with van der Waals surface area (Å²) in [7, 11) is 0. The number of aliphatic imine (C=N–C) groups is 1. The Hall–Kier alpha value is -0.180. The van der Waals surface area contributed by atoms with Crippen molar-refractivity contribution in [3.8, 4) is 0 Å². The van der Waals surface area contributed by atoms with Gasteiger partial charge in [0.25, 0.3) is 0 Å². The van der Waals surface area contributed by atoms with Gasteiger partial charge >= 0.3 is 0 Å². The Bertz CT molecular complexity index is 246. The molecule has 1 heterocycles. The lowest BCUT2D eigenvalue weighted by Gasteiger charge is -2.29. The van der Waals surface area contributed by atoms with Gasteiger partial charge in [0.15, 0.2) is 5.17 Å². The molecule has 0 aromatic rings. The zero-order chi connectivity index (χ0) is 11.4. The molecule has 2 fully saturated rings. The summed E-state index contributed by atoms with van der Waals surface area (Å²) in [5, 5.41) is 4.71. The van der Waals surface area contributed by atoms with E-state index in [0.717, 1.165) is 18.4 Å². The Morgan fingerprint density at radius 1 is 1.25 bits per heavy atom. The van der Waals surface area contributed by atoms with E-state index in [2.05, 4.69) is 19.2 Å². The van der Waals surface area contributed by atoms with Gasteiger partial charge in [-0.3, -0.25) is 4.99 Å². The van der Waals surface area contributed by atoms with Crippen molar-refractivity contribution >= 4 is 16.9 Å². The maximum Gasteiger partial charge on any atom is 0.156 e. The van der Waals surface area contributed by atoms with Gasteiger partial charge in [-0.2, -0.15) is 0 Å². The molecule has 1 aliphatic carbocycles. The smallest absolute Gasteiger partial charge is 0.156 e. The van der Waals surface area contributed by atoms with Crippen LogP contribution in [0.4, 0.5) is 0 Å². The second-order valence-corrected chi connectivity index (χ2v) is 6.38. The first-order valence-electron chi connectivity index (χ1n) is 6.69. The van der Waals surface area contributed by atoms with Crippen LogP contribution < -0.4 is 5.32 Å². The molecule has 0 aromatic carbocycles. The number of thioether (sulfide) groups is 1. The predicted molar refractivity (Wildman–Crippen MR) is 73.1 cm³/mol. The Kier molecular flexibility index (Phi) is 4.56. The Morgan fingerprint density at radius 2 is 2.00 bits per heavy atom. The second-order valence-electron chi connectivity index (χ2n) is 5.37. The van der Waals surface area contributed by atoms with E-state index in [1.54, 1.807) is 0 Å². The molecule has 16 heavy (non-hydrogen) atoms. The number of rotatable bonds is 2. The van der Waals surface area contributed by atoms with Crippen molar-refractivity contribution in [1.29, 1.82) is 0 Å². The van der Waals surface area contributed by atoms with Crippen LogP contribution in [0.1, 0.15) is 46.0 Å². The predicted octanol–water partition coefficient (Wildman–Crippen LogP) is 3.28. The molecule has 2 aliphatic rings. The Labute approximate surface area is 104 Å². The summed E-state index contributed by atoms with van der Waals surface area (Å²) in [6, 6.07) is 0.589. The van der Waals surface area contributed by atoms with E-state index >= 15 is 0 Å².